The van der Waals surface area contributed by atoms with Gasteiger partial charge in [-0.2, -0.15) is 0 Å². The van der Waals surface area contributed by atoms with Crippen molar-refractivity contribution in [1.82, 2.24) is 19.8 Å². The molecule has 6 nitrogen and oxygen atoms in total. The number of benzene rings is 1. The number of carbonyl (C=O) groups excluding carboxylic acids is 1. The van der Waals surface area contributed by atoms with E-state index in [4.69, 9.17) is 4.98 Å². The van der Waals surface area contributed by atoms with E-state index in [0.29, 0.717) is 11.5 Å². The Hall–Kier alpha value is -2.47. The summed E-state index contributed by atoms with van der Waals surface area (Å²) in [4.78, 5) is 29.4. The van der Waals surface area contributed by atoms with Crippen LogP contribution in [0, 0.1) is 5.92 Å². The van der Waals surface area contributed by atoms with Gasteiger partial charge in [0.1, 0.15) is 11.5 Å². The SMILES string of the molecule is CCN1CCN(C(=O)c2cc(N3CCC(C)CC3)nc(-c3ccccc3)n2)CC1. The smallest absolute Gasteiger partial charge is 0.272 e. The van der Waals surface area contributed by atoms with Gasteiger partial charge in [0, 0.05) is 50.9 Å². The lowest BCUT2D eigenvalue weighted by atomic mass is 9.99. The number of aromatic nitrogens is 2. The van der Waals surface area contributed by atoms with Gasteiger partial charge in [0.05, 0.1) is 0 Å². The summed E-state index contributed by atoms with van der Waals surface area (Å²) in [5.41, 5.74) is 1.46. The molecule has 2 fully saturated rings. The molecule has 1 aromatic carbocycles. The zero-order valence-corrected chi connectivity index (χ0v) is 17.5. The molecule has 3 heterocycles. The van der Waals surface area contributed by atoms with Crippen LogP contribution in [-0.2, 0) is 0 Å². The standard InChI is InChI=1S/C23H31N5O/c1-3-26-13-15-28(16-14-26)23(29)20-17-21(27-11-9-18(2)10-12-27)25-22(24-20)19-7-5-4-6-8-19/h4-8,17-18H,3,9-16H2,1-2H3. The van der Waals surface area contributed by atoms with Crippen LogP contribution in [-0.4, -0.2) is 71.5 Å². The molecule has 0 N–H and O–H groups in total. The number of piperazine rings is 1. The molecule has 4 rings (SSSR count). The Morgan fingerprint density at radius 2 is 1.69 bits per heavy atom. The molecule has 0 atom stereocenters. The summed E-state index contributed by atoms with van der Waals surface area (Å²) in [6, 6.07) is 11.9. The van der Waals surface area contributed by atoms with Gasteiger partial charge in [-0.25, -0.2) is 9.97 Å². The number of hydrogen-bond acceptors (Lipinski definition) is 5. The maximum Gasteiger partial charge on any atom is 0.272 e. The van der Waals surface area contributed by atoms with E-state index < -0.39 is 0 Å². The minimum Gasteiger partial charge on any atom is -0.356 e. The molecular weight excluding hydrogens is 362 g/mol. The van der Waals surface area contributed by atoms with Crippen LogP contribution < -0.4 is 4.90 Å². The monoisotopic (exact) mass is 393 g/mol. The third-order valence-electron chi connectivity index (χ3n) is 6.18. The van der Waals surface area contributed by atoms with Crippen molar-refractivity contribution in [2.24, 2.45) is 5.92 Å². The highest BCUT2D eigenvalue weighted by molar-refractivity contribution is 5.93. The van der Waals surface area contributed by atoms with Gasteiger partial charge < -0.3 is 14.7 Å². The lowest BCUT2D eigenvalue weighted by Gasteiger charge is -2.34. The first-order valence-corrected chi connectivity index (χ1v) is 10.8. The molecule has 0 bridgehead atoms. The molecule has 29 heavy (non-hydrogen) atoms. The fraction of sp³-hybridized carbons (Fsp3) is 0.522. The summed E-state index contributed by atoms with van der Waals surface area (Å²) in [5.74, 6) is 2.28. The molecular formula is C23H31N5O. The van der Waals surface area contributed by atoms with Gasteiger partial charge in [-0.1, -0.05) is 44.2 Å². The summed E-state index contributed by atoms with van der Waals surface area (Å²) in [6.07, 6.45) is 2.32. The van der Waals surface area contributed by atoms with Gasteiger partial charge in [-0.3, -0.25) is 4.79 Å². The fourth-order valence-corrected chi connectivity index (χ4v) is 4.09. The predicted molar refractivity (Wildman–Crippen MR) is 116 cm³/mol. The number of hydrogen-bond donors (Lipinski definition) is 0. The highest BCUT2D eigenvalue weighted by Gasteiger charge is 2.25. The summed E-state index contributed by atoms with van der Waals surface area (Å²) >= 11 is 0. The Bertz CT molecular complexity index is 824. The maximum atomic E-state index is 13.3. The molecule has 2 saturated heterocycles. The van der Waals surface area contributed by atoms with E-state index >= 15 is 0 Å². The third-order valence-corrected chi connectivity index (χ3v) is 6.18. The van der Waals surface area contributed by atoms with Crippen LogP contribution in [0.5, 0.6) is 0 Å². The number of piperidine rings is 1. The summed E-state index contributed by atoms with van der Waals surface area (Å²) < 4.78 is 0. The van der Waals surface area contributed by atoms with Crippen LogP contribution in [0.25, 0.3) is 11.4 Å². The highest BCUT2D eigenvalue weighted by atomic mass is 16.2. The van der Waals surface area contributed by atoms with Crippen molar-refractivity contribution >= 4 is 11.7 Å². The van der Waals surface area contributed by atoms with E-state index in [1.54, 1.807) is 0 Å². The van der Waals surface area contributed by atoms with Gasteiger partial charge in [-0.05, 0) is 25.3 Å². The summed E-state index contributed by atoms with van der Waals surface area (Å²) in [7, 11) is 0. The average molecular weight is 394 g/mol. The zero-order valence-electron chi connectivity index (χ0n) is 17.5. The van der Waals surface area contributed by atoms with Crippen LogP contribution in [0.2, 0.25) is 0 Å². The molecule has 2 aromatic rings. The number of carbonyl (C=O) groups is 1. The Labute approximate surface area is 173 Å². The Balaban J connectivity index is 1.63. The zero-order chi connectivity index (χ0) is 20.2. The summed E-state index contributed by atoms with van der Waals surface area (Å²) in [6.45, 7) is 10.8. The largest absolute Gasteiger partial charge is 0.356 e. The quantitative estimate of drug-likeness (QED) is 0.799. The minimum atomic E-state index is 0.0203. The van der Waals surface area contributed by atoms with E-state index in [9.17, 15) is 4.79 Å². The van der Waals surface area contributed by atoms with E-state index in [2.05, 4.69) is 28.6 Å². The van der Waals surface area contributed by atoms with Gasteiger partial charge in [0.2, 0.25) is 0 Å². The first-order valence-electron chi connectivity index (χ1n) is 10.8. The molecule has 154 valence electrons. The second-order valence-corrected chi connectivity index (χ2v) is 8.20. The van der Waals surface area contributed by atoms with E-state index in [-0.39, 0.29) is 5.91 Å². The molecule has 0 spiro atoms. The Morgan fingerprint density at radius 3 is 2.34 bits per heavy atom. The molecule has 0 unspecified atom stereocenters. The second-order valence-electron chi connectivity index (χ2n) is 8.20. The molecule has 0 aliphatic carbocycles. The van der Waals surface area contributed by atoms with Crippen LogP contribution in [0.15, 0.2) is 36.4 Å². The van der Waals surface area contributed by atoms with E-state index in [0.717, 1.165) is 76.0 Å². The number of likely N-dealkylation sites (N-methyl/N-ethyl adjacent to an activating group) is 1. The molecule has 1 amide bonds. The third kappa shape index (κ3) is 4.58. The molecule has 2 aliphatic rings. The lowest BCUT2D eigenvalue weighted by Crippen LogP contribution is -2.48. The second kappa shape index (κ2) is 8.91. The summed E-state index contributed by atoms with van der Waals surface area (Å²) in [5, 5.41) is 0. The predicted octanol–water partition coefficient (Wildman–Crippen LogP) is 3.16. The first-order chi connectivity index (χ1) is 14.1. The van der Waals surface area contributed by atoms with Crippen LogP contribution >= 0.6 is 0 Å². The van der Waals surface area contributed by atoms with Crippen molar-refractivity contribution in [3.05, 3.63) is 42.1 Å². The van der Waals surface area contributed by atoms with Crippen LogP contribution in [0.4, 0.5) is 5.82 Å². The molecule has 1 aromatic heterocycles. The number of rotatable bonds is 4. The highest BCUT2D eigenvalue weighted by Crippen LogP contribution is 2.25. The minimum absolute atomic E-state index is 0.0203. The number of nitrogens with zero attached hydrogens (tertiary/aromatic N) is 5. The van der Waals surface area contributed by atoms with Crippen LogP contribution in [0.1, 0.15) is 37.2 Å². The van der Waals surface area contributed by atoms with Crippen molar-refractivity contribution in [2.75, 3.05) is 50.7 Å². The molecule has 0 radical (unpaired) electrons. The van der Waals surface area contributed by atoms with Crippen molar-refractivity contribution < 1.29 is 4.79 Å². The van der Waals surface area contributed by atoms with Crippen molar-refractivity contribution in [2.45, 2.75) is 26.7 Å². The van der Waals surface area contributed by atoms with Crippen molar-refractivity contribution in [3.63, 3.8) is 0 Å². The van der Waals surface area contributed by atoms with Crippen LogP contribution in [0.3, 0.4) is 0 Å². The average Bonchev–Trinajstić information content (AvgIpc) is 2.79. The maximum absolute atomic E-state index is 13.3. The van der Waals surface area contributed by atoms with Crippen molar-refractivity contribution in [1.29, 1.82) is 0 Å². The molecule has 2 aliphatic heterocycles. The first kappa shape index (κ1) is 19.8. The number of amides is 1. The fourth-order valence-electron chi connectivity index (χ4n) is 4.09. The number of anilines is 1. The van der Waals surface area contributed by atoms with Gasteiger partial charge in [0.15, 0.2) is 5.82 Å². The van der Waals surface area contributed by atoms with Gasteiger partial charge in [-0.15, -0.1) is 0 Å². The van der Waals surface area contributed by atoms with Gasteiger partial charge >= 0.3 is 0 Å². The Kier molecular flexibility index (Phi) is 6.09. The Morgan fingerprint density at radius 1 is 1.00 bits per heavy atom. The topological polar surface area (TPSA) is 52.6 Å². The van der Waals surface area contributed by atoms with Crippen molar-refractivity contribution in [3.8, 4) is 11.4 Å². The van der Waals surface area contributed by atoms with Gasteiger partial charge in [0.25, 0.3) is 5.91 Å². The normalized spacial score (nSPS) is 18.8. The van der Waals surface area contributed by atoms with E-state index in [1.807, 2.05) is 41.3 Å². The van der Waals surface area contributed by atoms with E-state index in [1.165, 1.54) is 0 Å². The lowest BCUT2D eigenvalue weighted by molar-refractivity contribution is 0.0637. The molecule has 6 heteroatoms. The molecule has 0 saturated carbocycles.